The van der Waals surface area contributed by atoms with Crippen molar-refractivity contribution in [1.29, 1.82) is 0 Å². The van der Waals surface area contributed by atoms with Gasteiger partial charge >= 0.3 is 7.12 Å². The van der Waals surface area contributed by atoms with Gasteiger partial charge in [-0.3, -0.25) is 4.79 Å². The van der Waals surface area contributed by atoms with Crippen molar-refractivity contribution in [3.63, 3.8) is 0 Å². The summed E-state index contributed by atoms with van der Waals surface area (Å²) in [5, 5.41) is 2.08. The molecule has 2 saturated heterocycles. The molecule has 0 radical (unpaired) electrons. The summed E-state index contributed by atoms with van der Waals surface area (Å²) in [7, 11) is 1.32. The van der Waals surface area contributed by atoms with E-state index in [0.717, 1.165) is 47.7 Å². The second-order valence-corrected chi connectivity index (χ2v) is 9.10. The highest BCUT2D eigenvalue weighted by Gasteiger charge is 2.52. The maximum absolute atomic E-state index is 13.0. The Labute approximate surface area is 173 Å². The molecule has 0 aliphatic carbocycles. The Morgan fingerprint density at radius 2 is 1.72 bits per heavy atom. The monoisotopic (exact) mass is 395 g/mol. The van der Waals surface area contributed by atoms with Crippen LogP contribution in [0.2, 0.25) is 0 Å². The molecule has 2 aromatic carbocycles. The lowest BCUT2D eigenvalue weighted by Gasteiger charge is -2.32. The second kappa shape index (κ2) is 7.42. The van der Waals surface area contributed by atoms with Gasteiger partial charge in [0.2, 0.25) is 0 Å². The number of piperidine rings is 1. The van der Waals surface area contributed by atoms with Crippen LogP contribution in [0.4, 0.5) is 0 Å². The number of benzene rings is 2. The third kappa shape index (κ3) is 3.69. The molecular weight excluding hydrogens is 365 g/mol. The second-order valence-electron chi connectivity index (χ2n) is 9.10. The van der Waals surface area contributed by atoms with Gasteiger partial charge in [0, 0.05) is 25.8 Å². The van der Waals surface area contributed by atoms with Gasteiger partial charge in [-0.1, -0.05) is 24.3 Å². The fourth-order valence-electron chi connectivity index (χ4n) is 4.09. The number of methoxy groups -OCH3 is 1. The third-order valence-corrected chi connectivity index (χ3v) is 6.73. The SMILES string of the molecule is COC1CCN(C(=O)c2ccc3c(B4OC(C)(C)C(C)(C)O4)cccc3c2)CC1. The molecule has 2 aliphatic heterocycles. The first-order valence-corrected chi connectivity index (χ1v) is 10.4. The summed E-state index contributed by atoms with van der Waals surface area (Å²) >= 11 is 0. The van der Waals surface area contributed by atoms with Crippen LogP contribution in [0.5, 0.6) is 0 Å². The molecule has 2 aliphatic rings. The summed E-state index contributed by atoms with van der Waals surface area (Å²) in [5.41, 5.74) is 0.953. The number of ether oxygens (including phenoxy) is 1. The molecule has 0 unspecified atom stereocenters. The van der Waals surface area contributed by atoms with Gasteiger partial charge < -0.3 is 18.9 Å². The standard InChI is InChI=1S/C23H30BNO4/c1-22(2)23(3,4)29-24(28-22)20-8-6-7-16-15-17(9-10-19(16)20)21(26)25-13-11-18(27-5)12-14-25/h6-10,15,18H,11-14H2,1-5H3. The van der Waals surface area contributed by atoms with Crippen molar-refractivity contribution in [2.24, 2.45) is 0 Å². The number of carbonyl (C=O) groups is 1. The predicted molar refractivity (Wildman–Crippen MR) is 116 cm³/mol. The smallest absolute Gasteiger partial charge is 0.399 e. The van der Waals surface area contributed by atoms with Gasteiger partial charge in [-0.25, -0.2) is 0 Å². The molecular formula is C23H30BNO4. The zero-order chi connectivity index (χ0) is 20.8. The first kappa shape index (κ1) is 20.4. The van der Waals surface area contributed by atoms with Crippen molar-refractivity contribution in [3.8, 4) is 0 Å². The Morgan fingerprint density at radius 3 is 2.34 bits per heavy atom. The molecule has 1 amide bonds. The summed E-state index contributed by atoms with van der Waals surface area (Å²) in [6, 6.07) is 12.0. The number of nitrogens with zero attached hydrogens (tertiary/aromatic N) is 1. The number of rotatable bonds is 3. The van der Waals surface area contributed by atoms with E-state index in [1.54, 1.807) is 7.11 Å². The first-order chi connectivity index (χ1) is 13.7. The van der Waals surface area contributed by atoms with Gasteiger partial charge in [-0.2, -0.15) is 0 Å². The Bertz CT molecular complexity index is 902. The molecule has 0 N–H and O–H groups in total. The van der Waals surface area contributed by atoms with Crippen LogP contribution in [0.25, 0.3) is 10.8 Å². The number of likely N-dealkylation sites (tertiary alicyclic amines) is 1. The first-order valence-electron chi connectivity index (χ1n) is 10.4. The Balaban J connectivity index is 1.59. The molecule has 6 heteroatoms. The van der Waals surface area contributed by atoms with E-state index in [-0.39, 0.29) is 23.2 Å². The van der Waals surface area contributed by atoms with E-state index < -0.39 is 7.12 Å². The van der Waals surface area contributed by atoms with E-state index in [4.69, 9.17) is 14.0 Å². The number of hydrogen-bond donors (Lipinski definition) is 0. The highest BCUT2D eigenvalue weighted by atomic mass is 16.7. The topological polar surface area (TPSA) is 48.0 Å². The lowest BCUT2D eigenvalue weighted by atomic mass is 9.76. The molecule has 0 aromatic heterocycles. The van der Waals surface area contributed by atoms with Crippen molar-refractivity contribution in [2.45, 2.75) is 57.8 Å². The van der Waals surface area contributed by atoms with Crippen LogP contribution in [0.3, 0.4) is 0 Å². The molecule has 0 saturated carbocycles. The van der Waals surface area contributed by atoms with Gasteiger partial charge in [0.25, 0.3) is 5.91 Å². The van der Waals surface area contributed by atoms with Crippen LogP contribution in [-0.4, -0.2) is 55.4 Å². The van der Waals surface area contributed by atoms with Gasteiger partial charge in [-0.05, 0) is 68.9 Å². The molecule has 4 rings (SSSR count). The molecule has 5 nitrogen and oxygen atoms in total. The average Bonchev–Trinajstić information content (AvgIpc) is 2.93. The summed E-state index contributed by atoms with van der Waals surface area (Å²) in [5.74, 6) is 0.0856. The van der Waals surface area contributed by atoms with Crippen molar-refractivity contribution >= 4 is 29.3 Å². The van der Waals surface area contributed by atoms with E-state index >= 15 is 0 Å². The molecule has 0 atom stereocenters. The molecule has 0 spiro atoms. The number of amides is 1. The molecule has 29 heavy (non-hydrogen) atoms. The van der Waals surface area contributed by atoms with Crippen LogP contribution < -0.4 is 5.46 Å². The lowest BCUT2D eigenvalue weighted by Crippen LogP contribution is -2.41. The van der Waals surface area contributed by atoms with E-state index in [9.17, 15) is 4.79 Å². The normalized spacial score (nSPS) is 21.7. The number of fused-ring (bicyclic) bond motifs is 1. The predicted octanol–water partition coefficient (Wildman–Crippen LogP) is 3.39. The van der Waals surface area contributed by atoms with E-state index in [0.29, 0.717) is 0 Å². The Hall–Kier alpha value is -1.89. The largest absolute Gasteiger partial charge is 0.495 e. The molecule has 0 bridgehead atoms. The van der Waals surface area contributed by atoms with Gasteiger partial charge in [0.15, 0.2) is 0 Å². The fraction of sp³-hybridized carbons (Fsp3) is 0.522. The maximum atomic E-state index is 13.0. The minimum atomic E-state index is -0.418. The molecule has 2 heterocycles. The molecule has 2 fully saturated rings. The van der Waals surface area contributed by atoms with Crippen LogP contribution in [0.15, 0.2) is 36.4 Å². The van der Waals surface area contributed by atoms with Crippen LogP contribution in [0.1, 0.15) is 50.9 Å². The zero-order valence-corrected chi connectivity index (χ0v) is 18.0. The van der Waals surface area contributed by atoms with Gasteiger partial charge in [-0.15, -0.1) is 0 Å². The highest BCUT2D eigenvalue weighted by molar-refractivity contribution is 6.65. The van der Waals surface area contributed by atoms with Crippen molar-refractivity contribution < 1.29 is 18.8 Å². The Kier molecular flexibility index (Phi) is 5.22. The quantitative estimate of drug-likeness (QED) is 0.748. The van der Waals surface area contributed by atoms with Crippen molar-refractivity contribution in [1.82, 2.24) is 4.90 Å². The number of hydrogen-bond acceptors (Lipinski definition) is 4. The minimum absolute atomic E-state index is 0.0856. The van der Waals surface area contributed by atoms with E-state index in [1.807, 2.05) is 41.3 Å². The molecule has 2 aromatic rings. The van der Waals surface area contributed by atoms with E-state index in [2.05, 4.69) is 27.7 Å². The maximum Gasteiger partial charge on any atom is 0.495 e. The van der Waals surface area contributed by atoms with E-state index in [1.165, 1.54) is 0 Å². The van der Waals surface area contributed by atoms with Crippen molar-refractivity contribution in [3.05, 3.63) is 42.0 Å². The minimum Gasteiger partial charge on any atom is -0.399 e. The van der Waals surface area contributed by atoms with Crippen molar-refractivity contribution in [2.75, 3.05) is 20.2 Å². The molecule has 154 valence electrons. The van der Waals surface area contributed by atoms with Crippen LogP contribution in [0, 0.1) is 0 Å². The summed E-state index contributed by atoms with van der Waals surface area (Å²) < 4.78 is 17.9. The summed E-state index contributed by atoms with van der Waals surface area (Å²) in [6.07, 6.45) is 2.04. The highest BCUT2D eigenvalue weighted by Crippen LogP contribution is 2.37. The number of carbonyl (C=O) groups excluding carboxylic acids is 1. The summed E-state index contributed by atoms with van der Waals surface area (Å²) in [4.78, 5) is 14.9. The Morgan fingerprint density at radius 1 is 1.07 bits per heavy atom. The van der Waals surface area contributed by atoms with Gasteiger partial charge in [0.1, 0.15) is 0 Å². The lowest BCUT2D eigenvalue weighted by molar-refractivity contribution is 0.00578. The van der Waals surface area contributed by atoms with Crippen LogP contribution in [-0.2, 0) is 14.0 Å². The average molecular weight is 395 g/mol. The third-order valence-electron chi connectivity index (χ3n) is 6.73. The zero-order valence-electron chi connectivity index (χ0n) is 18.0. The summed E-state index contributed by atoms with van der Waals surface area (Å²) in [6.45, 7) is 9.71. The van der Waals surface area contributed by atoms with Gasteiger partial charge in [0.05, 0.1) is 17.3 Å². The fourth-order valence-corrected chi connectivity index (χ4v) is 4.09. The van der Waals surface area contributed by atoms with Crippen LogP contribution >= 0.6 is 0 Å².